The maximum atomic E-state index is 12.7. The van der Waals surface area contributed by atoms with Crippen LogP contribution in [0.15, 0.2) is 36.4 Å². The van der Waals surface area contributed by atoms with Crippen LogP contribution in [0, 0.1) is 20.8 Å². The molecule has 1 aliphatic heterocycles. The van der Waals surface area contributed by atoms with Crippen molar-refractivity contribution in [2.45, 2.75) is 39.3 Å². The Morgan fingerprint density at radius 2 is 1.84 bits per heavy atom. The summed E-state index contributed by atoms with van der Waals surface area (Å²) in [6.07, 6.45) is 0.683. The van der Waals surface area contributed by atoms with E-state index in [1.54, 1.807) is 7.11 Å². The molecular formula is C20H25N3O2. The maximum Gasteiger partial charge on any atom is 0.242 e. The smallest absolute Gasteiger partial charge is 0.242 e. The first-order chi connectivity index (χ1) is 12.0. The van der Waals surface area contributed by atoms with Gasteiger partial charge in [0.2, 0.25) is 5.91 Å². The van der Waals surface area contributed by atoms with Crippen LogP contribution in [-0.2, 0) is 4.79 Å². The predicted molar refractivity (Wildman–Crippen MR) is 99.7 cm³/mol. The van der Waals surface area contributed by atoms with Gasteiger partial charge in [-0.2, -0.15) is 0 Å². The Morgan fingerprint density at radius 3 is 2.52 bits per heavy atom. The number of anilines is 1. The van der Waals surface area contributed by atoms with E-state index in [2.05, 4.69) is 35.2 Å². The molecule has 1 amide bonds. The number of amides is 1. The van der Waals surface area contributed by atoms with Gasteiger partial charge in [-0.3, -0.25) is 4.79 Å². The molecule has 3 rings (SSSR count). The Morgan fingerprint density at radius 1 is 1.12 bits per heavy atom. The number of hydrazine groups is 1. The Balaban J connectivity index is 1.69. The molecule has 1 saturated heterocycles. The summed E-state index contributed by atoms with van der Waals surface area (Å²) in [5.74, 6) is 0.797. The number of rotatable bonds is 4. The van der Waals surface area contributed by atoms with Gasteiger partial charge in [0.1, 0.15) is 11.8 Å². The Kier molecular flexibility index (Phi) is 5.06. The third-order valence-corrected chi connectivity index (χ3v) is 4.64. The van der Waals surface area contributed by atoms with Crippen LogP contribution >= 0.6 is 0 Å². The van der Waals surface area contributed by atoms with Gasteiger partial charge in [-0.15, -0.1) is 0 Å². The van der Waals surface area contributed by atoms with Gasteiger partial charge in [0, 0.05) is 11.7 Å². The summed E-state index contributed by atoms with van der Waals surface area (Å²) < 4.78 is 5.28. The minimum Gasteiger partial charge on any atom is -0.497 e. The maximum absolute atomic E-state index is 12.7. The number of benzene rings is 2. The number of ether oxygens (including phenoxy) is 1. The zero-order chi connectivity index (χ0) is 18.0. The van der Waals surface area contributed by atoms with Crippen molar-refractivity contribution >= 4 is 11.6 Å². The average Bonchev–Trinajstić information content (AvgIpc) is 3.08. The van der Waals surface area contributed by atoms with Crippen LogP contribution in [0.2, 0.25) is 0 Å². The molecular weight excluding hydrogens is 314 g/mol. The van der Waals surface area contributed by atoms with E-state index in [0.717, 1.165) is 28.1 Å². The van der Waals surface area contributed by atoms with E-state index in [1.807, 2.05) is 38.1 Å². The fourth-order valence-corrected chi connectivity index (χ4v) is 3.39. The van der Waals surface area contributed by atoms with Gasteiger partial charge < -0.3 is 10.1 Å². The number of aryl methyl sites for hydroxylation is 3. The van der Waals surface area contributed by atoms with E-state index in [9.17, 15) is 4.79 Å². The summed E-state index contributed by atoms with van der Waals surface area (Å²) in [5, 5.41) is 3.08. The van der Waals surface area contributed by atoms with Crippen molar-refractivity contribution in [1.82, 2.24) is 10.9 Å². The third-order valence-electron chi connectivity index (χ3n) is 4.64. The highest BCUT2D eigenvalue weighted by molar-refractivity contribution is 5.96. The first-order valence-electron chi connectivity index (χ1n) is 8.51. The van der Waals surface area contributed by atoms with Crippen molar-refractivity contribution in [2.24, 2.45) is 0 Å². The molecule has 2 aromatic carbocycles. The third kappa shape index (κ3) is 3.83. The van der Waals surface area contributed by atoms with E-state index < -0.39 is 0 Å². The van der Waals surface area contributed by atoms with E-state index in [4.69, 9.17) is 4.74 Å². The SMILES string of the molecule is COc1cccc(C2CC(C(=O)Nc3c(C)cc(C)cc3C)NN2)c1. The normalized spacial score (nSPS) is 19.7. The zero-order valence-electron chi connectivity index (χ0n) is 15.1. The molecule has 5 heteroatoms. The Hall–Kier alpha value is -2.37. The van der Waals surface area contributed by atoms with Crippen LogP contribution < -0.4 is 20.9 Å². The average molecular weight is 339 g/mol. The highest BCUT2D eigenvalue weighted by Gasteiger charge is 2.30. The molecule has 1 fully saturated rings. The largest absolute Gasteiger partial charge is 0.497 e. The van der Waals surface area contributed by atoms with Crippen molar-refractivity contribution in [3.8, 4) is 5.75 Å². The van der Waals surface area contributed by atoms with Gasteiger partial charge in [0.05, 0.1) is 7.11 Å². The summed E-state index contributed by atoms with van der Waals surface area (Å²) >= 11 is 0. The molecule has 3 N–H and O–H groups in total. The van der Waals surface area contributed by atoms with E-state index in [1.165, 1.54) is 5.56 Å². The molecule has 0 aliphatic carbocycles. The van der Waals surface area contributed by atoms with Crippen molar-refractivity contribution in [1.29, 1.82) is 0 Å². The van der Waals surface area contributed by atoms with Gasteiger partial charge in [-0.25, -0.2) is 10.9 Å². The lowest BCUT2D eigenvalue weighted by molar-refractivity contribution is -0.117. The molecule has 0 saturated carbocycles. The molecule has 5 nitrogen and oxygen atoms in total. The Labute approximate surface area is 148 Å². The minimum absolute atomic E-state index is 0.0204. The van der Waals surface area contributed by atoms with Crippen molar-refractivity contribution < 1.29 is 9.53 Å². The minimum atomic E-state index is -0.281. The quantitative estimate of drug-likeness (QED) is 0.801. The molecule has 0 spiro atoms. The summed E-state index contributed by atoms with van der Waals surface area (Å²) in [5.41, 5.74) is 11.7. The van der Waals surface area contributed by atoms with Crippen molar-refractivity contribution in [3.63, 3.8) is 0 Å². The van der Waals surface area contributed by atoms with Gasteiger partial charge in [0.15, 0.2) is 0 Å². The molecule has 2 unspecified atom stereocenters. The van der Waals surface area contributed by atoms with Gasteiger partial charge in [-0.05, 0) is 56.0 Å². The fraction of sp³-hybridized carbons (Fsp3) is 0.350. The summed E-state index contributed by atoms with van der Waals surface area (Å²) in [6, 6.07) is 11.9. The molecule has 0 radical (unpaired) electrons. The number of carbonyl (C=O) groups excluding carboxylic acids is 1. The molecule has 2 atom stereocenters. The van der Waals surface area contributed by atoms with E-state index >= 15 is 0 Å². The van der Waals surface area contributed by atoms with Gasteiger partial charge in [0.25, 0.3) is 0 Å². The molecule has 2 aromatic rings. The van der Waals surface area contributed by atoms with Crippen LogP contribution in [0.4, 0.5) is 5.69 Å². The summed E-state index contributed by atoms with van der Waals surface area (Å²) in [7, 11) is 1.65. The molecule has 1 heterocycles. The molecule has 0 aromatic heterocycles. The van der Waals surface area contributed by atoms with Crippen LogP contribution in [0.5, 0.6) is 5.75 Å². The number of hydrogen-bond acceptors (Lipinski definition) is 4. The summed E-state index contributed by atoms with van der Waals surface area (Å²) in [6.45, 7) is 6.11. The second-order valence-electron chi connectivity index (χ2n) is 6.67. The highest BCUT2D eigenvalue weighted by Crippen LogP contribution is 2.27. The monoisotopic (exact) mass is 339 g/mol. The zero-order valence-corrected chi connectivity index (χ0v) is 15.1. The van der Waals surface area contributed by atoms with Crippen LogP contribution in [-0.4, -0.2) is 19.1 Å². The van der Waals surface area contributed by atoms with Gasteiger partial charge in [-0.1, -0.05) is 29.8 Å². The van der Waals surface area contributed by atoms with E-state index in [-0.39, 0.29) is 18.0 Å². The molecule has 25 heavy (non-hydrogen) atoms. The number of methoxy groups -OCH3 is 1. The second-order valence-corrected chi connectivity index (χ2v) is 6.67. The highest BCUT2D eigenvalue weighted by atomic mass is 16.5. The standard InChI is InChI=1S/C20H25N3O2/c1-12-8-13(2)19(14(3)9-12)21-20(24)18-11-17(22-23-18)15-6-5-7-16(10-15)25-4/h5-10,17-18,22-23H,11H2,1-4H3,(H,21,24). The first kappa shape index (κ1) is 17.5. The number of hydrogen-bond donors (Lipinski definition) is 3. The second kappa shape index (κ2) is 7.25. The topological polar surface area (TPSA) is 62.4 Å². The summed E-state index contributed by atoms with van der Waals surface area (Å²) in [4.78, 5) is 12.7. The lowest BCUT2D eigenvalue weighted by Crippen LogP contribution is -2.39. The van der Waals surface area contributed by atoms with Crippen molar-refractivity contribution in [3.05, 3.63) is 58.7 Å². The number of nitrogens with one attached hydrogen (secondary N) is 3. The fourth-order valence-electron chi connectivity index (χ4n) is 3.39. The number of carbonyl (C=O) groups is 1. The van der Waals surface area contributed by atoms with Crippen molar-refractivity contribution in [2.75, 3.05) is 12.4 Å². The lowest BCUT2D eigenvalue weighted by atomic mass is 10.0. The van der Waals surface area contributed by atoms with Gasteiger partial charge >= 0.3 is 0 Å². The van der Waals surface area contributed by atoms with Crippen LogP contribution in [0.1, 0.15) is 34.7 Å². The van der Waals surface area contributed by atoms with Crippen LogP contribution in [0.3, 0.4) is 0 Å². The Bertz CT molecular complexity index is 765. The lowest BCUT2D eigenvalue weighted by Gasteiger charge is -2.15. The molecule has 132 valence electrons. The predicted octanol–water partition coefficient (Wildman–Crippen LogP) is 3.17. The molecule has 1 aliphatic rings. The van der Waals surface area contributed by atoms with E-state index in [0.29, 0.717) is 6.42 Å². The first-order valence-corrected chi connectivity index (χ1v) is 8.51. The molecule has 0 bridgehead atoms. The van der Waals surface area contributed by atoms with Crippen LogP contribution in [0.25, 0.3) is 0 Å².